The zero-order valence-electron chi connectivity index (χ0n) is 7.88. The summed E-state index contributed by atoms with van der Waals surface area (Å²) in [7, 11) is 0. The van der Waals surface area contributed by atoms with Gasteiger partial charge in [-0.15, -0.1) is 6.58 Å². The average molecular weight is 169 g/mol. The van der Waals surface area contributed by atoms with E-state index in [9.17, 15) is 0 Å². The van der Waals surface area contributed by atoms with Crippen LogP contribution in [0.15, 0.2) is 12.7 Å². The summed E-state index contributed by atoms with van der Waals surface area (Å²) in [5.41, 5.74) is 0. The van der Waals surface area contributed by atoms with Crippen LogP contribution in [0.2, 0.25) is 0 Å². The van der Waals surface area contributed by atoms with E-state index in [4.69, 9.17) is 4.74 Å². The molecule has 0 spiro atoms. The van der Waals surface area contributed by atoms with Crippen molar-refractivity contribution in [1.82, 2.24) is 5.32 Å². The van der Waals surface area contributed by atoms with Gasteiger partial charge in [-0.05, 0) is 25.3 Å². The number of nitrogens with one attached hydrogen (secondary N) is 1. The number of hydrogen-bond donors (Lipinski definition) is 1. The molecule has 70 valence electrons. The van der Waals surface area contributed by atoms with Crippen LogP contribution in [-0.4, -0.2) is 25.8 Å². The van der Waals surface area contributed by atoms with Crippen LogP contribution >= 0.6 is 0 Å². The molecule has 0 radical (unpaired) electrons. The van der Waals surface area contributed by atoms with Gasteiger partial charge in [0.15, 0.2) is 0 Å². The molecule has 2 unspecified atom stereocenters. The van der Waals surface area contributed by atoms with Crippen molar-refractivity contribution in [1.29, 1.82) is 0 Å². The van der Waals surface area contributed by atoms with Gasteiger partial charge >= 0.3 is 0 Å². The van der Waals surface area contributed by atoms with Crippen LogP contribution in [0, 0.1) is 5.92 Å². The summed E-state index contributed by atoms with van der Waals surface area (Å²) in [5.74, 6) is 0.743. The molecule has 0 bridgehead atoms. The highest BCUT2D eigenvalue weighted by atomic mass is 16.5. The molecule has 2 atom stereocenters. The largest absolute Gasteiger partial charge is 0.381 e. The van der Waals surface area contributed by atoms with E-state index in [2.05, 4.69) is 18.8 Å². The van der Waals surface area contributed by atoms with Gasteiger partial charge < -0.3 is 10.1 Å². The van der Waals surface area contributed by atoms with Gasteiger partial charge in [-0.25, -0.2) is 0 Å². The lowest BCUT2D eigenvalue weighted by Gasteiger charge is -2.16. The fourth-order valence-corrected chi connectivity index (χ4v) is 1.65. The van der Waals surface area contributed by atoms with Gasteiger partial charge in [0.2, 0.25) is 0 Å². The molecule has 1 aliphatic rings. The third-order valence-corrected chi connectivity index (χ3v) is 2.36. The van der Waals surface area contributed by atoms with E-state index in [0.29, 0.717) is 6.04 Å². The van der Waals surface area contributed by atoms with Crippen molar-refractivity contribution >= 4 is 0 Å². The Morgan fingerprint density at radius 2 is 2.58 bits per heavy atom. The van der Waals surface area contributed by atoms with Crippen molar-refractivity contribution in [2.45, 2.75) is 25.8 Å². The Hall–Kier alpha value is -0.340. The summed E-state index contributed by atoms with van der Waals surface area (Å²) in [5, 5.41) is 3.39. The molecule has 0 aromatic carbocycles. The summed E-state index contributed by atoms with van der Waals surface area (Å²) in [6, 6.07) is 0.474. The standard InChI is InChI=1S/C10H19NO/c1-3-10(11-4-2)7-9-5-6-12-8-9/h3,9-11H,1,4-8H2,2H3. The summed E-state index contributed by atoms with van der Waals surface area (Å²) < 4.78 is 5.32. The smallest absolute Gasteiger partial charge is 0.0495 e. The van der Waals surface area contributed by atoms with Crippen LogP contribution < -0.4 is 5.32 Å². The molecule has 0 aliphatic carbocycles. The Bertz CT molecular complexity index is 130. The van der Waals surface area contributed by atoms with E-state index in [1.54, 1.807) is 0 Å². The van der Waals surface area contributed by atoms with Crippen molar-refractivity contribution in [3.8, 4) is 0 Å². The molecule has 1 heterocycles. The quantitative estimate of drug-likeness (QED) is 0.631. The molecule has 12 heavy (non-hydrogen) atoms. The maximum atomic E-state index is 5.32. The Morgan fingerprint density at radius 1 is 1.75 bits per heavy atom. The maximum absolute atomic E-state index is 5.32. The lowest BCUT2D eigenvalue weighted by Crippen LogP contribution is -2.29. The maximum Gasteiger partial charge on any atom is 0.0495 e. The van der Waals surface area contributed by atoms with Gasteiger partial charge in [-0.1, -0.05) is 13.0 Å². The zero-order valence-corrected chi connectivity index (χ0v) is 7.88. The van der Waals surface area contributed by atoms with Crippen LogP contribution in [0.1, 0.15) is 19.8 Å². The van der Waals surface area contributed by atoms with Gasteiger partial charge in [0.05, 0.1) is 0 Å². The van der Waals surface area contributed by atoms with Crippen LogP contribution in [0.25, 0.3) is 0 Å². The van der Waals surface area contributed by atoms with Crippen LogP contribution in [0.5, 0.6) is 0 Å². The fraction of sp³-hybridized carbons (Fsp3) is 0.800. The number of likely N-dealkylation sites (N-methyl/N-ethyl adjacent to an activating group) is 1. The number of rotatable bonds is 5. The third-order valence-electron chi connectivity index (χ3n) is 2.36. The first-order valence-corrected chi connectivity index (χ1v) is 4.80. The molecule has 1 rings (SSSR count). The first kappa shape index (κ1) is 9.75. The minimum atomic E-state index is 0.474. The molecule has 1 N–H and O–H groups in total. The van der Waals surface area contributed by atoms with Crippen LogP contribution in [0.3, 0.4) is 0 Å². The predicted molar refractivity (Wildman–Crippen MR) is 51.2 cm³/mol. The summed E-state index contributed by atoms with van der Waals surface area (Å²) >= 11 is 0. The lowest BCUT2D eigenvalue weighted by molar-refractivity contribution is 0.182. The highest BCUT2D eigenvalue weighted by molar-refractivity contribution is 4.87. The highest BCUT2D eigenvalue weighted by Crippen LogP contribution is 2.18. The summed E-state index contributed by atoms with van der Waals surface area (Å²) in [6.45, 7) is 8.85. The second kappa shape index (κ2) is 5.33. The molecule has 1 saturated heterocycles. The Kier molecular flexibility index (Phi) is 4.33. The van der Waals surface area contributed by atoms with E-state index in [-0.39, 0.29) is 0 Å². The zero-order chi connectivity index (χ0) is 8.81. The summed E-state index contributed by atoms with van der Waals surface area (Å²) in [4.78, 5) is 0. The van der Waals surface area contributed by atoms with E-state index in [1.165, 1.54) is 12.8 Å². The molecular formula is C10H19NO. The Morgan fingerprint density at radius 3 is 3.08 bits per heavy atom. The first-order chi connectivity index (χ1) is 5.86. The van der Waals surface area contributed by atoms with E-state index < -0.39 is 0 Å². The van der Waals surface area contributed by atoms with Crippen LogP contribution in [0.4, 0.5) is 0 Å². The molecule has 0 aromatic rings. The molecular weight excluding hydrogens is 150 g/mol. The molecule has 2 heteroatoms. The Labute approximate surface area is 75.0 Å². The normalized spacial score (nSPS) is 25.6. The lowest BCUT2D eigenvalue weighted by atomic mass is 9.99. The van der Waals surface area contributed by atoms with Crippen molar-refractivity contribution in [3.63, 3.8) is 0 Å². The van der Waals surface area contributed by atoms with Gasteiger partial charge in [0.25, 0.3) is 0 Å². The van der Waals surface area contributed by atoms with Crippen molar-refractivity contribution in [2.24, 2.45) is 5.92 Å². The van der Waals surface area contributed by atoms with Gasteiger partial charge in [0.1, 0.15) is 0 Å². The second-order valence-corrected chi connectivity index (χ2v) is 3.37. The molecule has 0 amide bonds. The van der Waals surface area contributed by atoms with Crippen molar-refractivity contribution in [3.05, 3.63) is 12.7 Å². The number of ether oxygens (including phenoxy) is 1. The molecule has 1 aliphatic heterocycles. The monoisotopic (exact) mass is 169 g/mol. The minimum absolute atomic E-state index is 0.474. The van der Waals surface area contributed by atoms with Gasteiger partial charge in [-0.3, -0.25) is 0 Å². The topological polar surface area (TPSA) is 21.3 Å². The minimum Gasteiger partial charge on any atom is -0.381 e. The van der Waals surface area contributed by atoms with E-state index >= 15 is 0 Å². The van der Waals surface area contributed by atoms with E-state index in [0.717, 1.165) is 25.7 Å². The average Bonchev–Trinajstić information content (AvgIpc) is 2.56. The SMILES string of the molecule is C=CC(CC1CCOC1)NCC. The fourth-order valence-electron chi connectivity index (χ4n) is 1.65. The van der Waals surface area contributed by atoms with Crippen molar-refractivity contribution < 1.29 is 4.74 Å². The Balaban J connectivity index is 2.20. The molecule has 2 nitrogen and oxygen atoms in total. The molecule has 1 fully saturated rings. The summed E-state index contributed by atoms with van der Waals surface area (Å²) in [6.07, 6.45) is 4.40. The number of hydrogen-bond acceptors (Lipinski definition) is 2. The first-order valence-electron chi connectivity index (χ1n) is 4.80. The van der Waals surface area contributed by atoms with Gasteiger partial charge in [0, 0.05) is 19.3 Å². The third kappa shape index (κ3) is 2.95. The van der Waals surface area contributed by atoms with Crippen LogP contribution in [-0.2, 0) is 4.74 Å². The van der Waals surface area contributed by atoms with E-state index in [1.807, 2.05) is 6.08 Å². The molecule has 0 aromatic heterocycles. The molecule has 0 saturated carbocycles. The predicted octanol–water partition coefficient (Wildman–Crippen LogP) is 1.58. The highest BCUT2D eigenvalue weighted by Gasteiger charge is 2.18. The van der Waals surface area contributed by atoms with Crippen molar-refractivity contribution in [2.75, 3.05) is 19.8 Å². The second-order valence-electron chi connectivity index (χ2n) is 3.37. The van der Waals surface area contributed by atoms with Gasteiger partial charge in [-0.2, -0.15) is 0 Å².